The molecule has 0 spiro atoms. The number of aromatic nitrogens is 2. The topological polar surface area (TPSA) is 77.8 Å². The van der Waals surface area contributed by atoms with Crippen molar-refractivity contribution in [1.29, 1.82) is 0 Å². The first-order chi connectivity index (χ1) is 11.5. The van der Waals surface area contributed by atoms with Gasteiger partial charge in [0.15, 0.2) is 4.77 Å². The van der Waals surface area contributed by atoms with Crippen molar-refractivity contribution in [2.75, 3.05) is 0 Å². The largest absolute Gasteiger partial charge is 0.349 e. The zero-order chi connectivity index (χ0) is 17.5. The van der Waals surface area contributed by atoms with Crippen LogP contribution in [0.15, 0.2) is 35.1 Å². The van der Waals surface area contributed by atoms with Gasteiger partial charge in [-0.15, -0.1) is 0 Å². The van der Waals surface area contributed by atoms with E-state index in [-0.39, 0.29) is 23.9 Å². The lowest BCUT2D eigenvalue weighted by atomic mass is 10.0. The highest BCUT2D eigenvalue weighted by molar-refractivity contribution is 7.71. The number of aryl methyl sites for hydroxylation is 1. The molecule has 1 aromatic carbocycles. The Morgan fingerprint density at radius 3 is 2.58 bits per heavy atom. The monoisotopic (exact) mass is 345 g/mol. The SMILES string of the molecule is CCC[C@@H](NC(=O)CCc1c(C)[nH]c(=S)[nH]c1=O)c1ccccc1. The Bertz CT molecular complexity index is 796. The lowest BCUT2D eigenvalue weighted by Crippen LogP contribution is -2.29. The van der Waals surface area contributed by atoms with Crippen molar-refractivity contribution in [3.05, 3.63) is 62.3 Å². The molecule has 1 heterocycles. The van der Waals surface area contributed by atoms with Crippen molar-refractivity contribution in [2.45, 2.75) is 45.6 Å². The fourth-order valence-electron chi connectivity index (χ4n) is 2.73. The average molecular weight is 345 g/mol. The Labute approximate surface area is 146 Å². The van der Waals surface area contributed by atoms with Crippen LogP contribution < -0.4 is 10.9 Å². The van der Waals surface area contributed by atoms with Gasteiger partial charge >= 0.3 is 0 Å². The minimum absolute atomic E-state index is 0.00432. The molecule has 1 atom stereocenters. The van der Waals surface area contributed by atoms with E-state index in [9.17, 15) is 9.59 Å². The predicted molar refractivity (Wildman–Crippen MR) is 97.5 cm³/mol. The third-order valence-corrected chi connectivity index (χ3v) is 4.18. The molecule has 0 saturated heterocycles. The number of carbonyl (C=O) groups excluding carboxylic acids is 1. The van der Waals surface area contributed by atoms with Crippen LogP contribution >= 0.6 is 12.2 Å². The molecule has 0 radical (unpaired) electrons. The zero-order valence-corrected chi connectivity index (χ0v) is 14.8. The smallest absolute Gasteiger partial charge is 0.255 e. The van der Waals surface area contributed by atoms with Crippen LogP contribution in [0.4, 0.5) is 0 Å². The first kappa shape index (κ1) is 18.1. The summed E-state index contributed by atoms with van der Waals surface area (Å²) in [6.07, 6.45) is 2.51. The van der Waals surface area contributed by atoms with E-state index in [1.165, 1.54) is 0 Å². The van der Waals surface area contributed by atoms with Gasteiger partial charge in [0.2, 0.25) is 5.91 Å². The summed E-state index contributed by atoms with van der Waals surface area (Å²) in [5.74, 6) is -0.0569. The van der Waals surface area contributed by atoms with Gasteiger partial charge in [0, 0.05) is 17.7 Å². The summed E-state index contributed by atoms with van der Waals surface area (Å²) in [7, 11) is 0. The highest BCUT2D eigenvalue weighted by Crippen LogP contribution is 2.18. The molecule has 1 aromatic heterocycles. The van der Waals surface area contributed by atoms with E-state index >= 15 is 0 Å². The highest BCUT2D eigenvalue weighted by atomic mass is 32.1. The number of hydrogen-bond acceptors (Lipinski definition) is 3. The predicted octanol–water partition coefficient (Wildman–Crippen LogP) is 3.33. The van der Waals surface area contributed by atoms with E-state index in [2.05, 4.69) is 22.2 Å². The maximum atomic E-state index is 12.3. The Hall–Kier alpha value is -2.21. The normalized spacial score (nSPS) is 11.9. The molecular formula is C18H23N3O2S. The second kappa shape index (κ2) is 8.59. The molecule has 0 aliphatic carbocycles. The van der Waals surface area contributed by atoms with Gasteiger partial charge in [-0.05, 0) is 37.5 Å². The third-order valence-electron chi connectivity index (χ3n) is 3.97. The Kier molecular flexibility index (Phi) is 6.49. The number of nitrogens with one attached hydrogen (secondary N) is 3. The lowest BCUT2D eigenvalue weighted by molar-refractivity contribution is -0.121. The van der Waals surface area contributed by atoms with Crippen molar-refractivity contribution < 1.29 is 4.79 Å². The maximum Gasteiger partial charge on any atom is 0.255 e. The summed E-state index contributed by atoms with van der Waals surface area (Å²) < 4.78 is 0.304. The summed E-state index contributed by atoms with van der Waals surface area (Å²) in [4.78, 5) is 29.7. The molecule has 2 rings (SSSR count). The van der Waals surface area contributed by atoms with Crippen molar-refractivity contribution in [1.82, 2.24) is 15.3 Å². The standard InChI is InChI=1S/C18H23N3O2S/c1-3-7-15(13-8-5-4-6-9-13)20-16(22)11-10-14-12(2)19-18(24)21-17(14)23/h4-6,8-9,15H,3,7,10-11H2,1-2H3,(H,20,22)(H2,19,21,23,24)/t15-/m1/s1. The quantitative estimate of drug-likeness (QED) is 0.674. The molecule has 128 valence electrons. The number of aromatic amines is 2. The zero-order valence-electron chi connectivity index (χ0n) is 14.0. The molecule has 3 N–H and O–H groups in total. The van der Waals surface area contributed by atoms with Crippen molar-refractivity contribution >= 4 is 18.1 Å². The Morgan fingerprint density at radius 2 is 1.96 bits per heavy atom. The van der Waals surface area contributed by atoms with Crippen LogP contribution in [0.5, 0.6) is 0 Å². The molecule has 0 aliphatic heterocycles. The molecule has 24 heavy (non-hydrogen) atoms. The van der Waals surface area contributed by atoms with Crippen molar-refractivity contribution in [3.8, 4) is 0 Å². The van der Waals surface area contributed by atoms with Gasteiger partial charge in [0.1, 0.15) is 0 Å². The summed E-state index contributed by atoms with van der Waals surface area (Å²) in [5.41, 5.74) is 2.16. The number of carbonyl (C=O) groups is 1. The van der Waals surface area contributed by atoms with E-state index in [1.807, 2.05) is 30.3 Å². The number of hydrogen-bond donors (Lipinski definition) is 3. The molecule has 2 aromatic rings. The average Bonchev–Trinajstić information content (AvgIpc) is 2.54. The molecule has 5 nitrogen and oxygen atoms in total. The van der Waals surface area contributed by atoms with Crippen LogP contribution in [0.3, 0.4) is 0 Å². The molecular weight excluding hydrogens is 322 g/mol. The first-order valence-corrected chi connectivity index (χ1v) is 8.58. The van der Waals surface area contributed by atoms with Gasteiger partial charge in [-0.1, -0.05) is 43.7 Å². The van der Waals surface area contributed by atoms with Gasteiger partial charge in [0.25, 0.3) is 5.56 Å². The third kappa shape index (κ3) is 4.89. The van der Waals surface area contributed by atoms with Gasteiger partial charge in [-0.2, -0.15) is 0 Å². The number of H-pyrrole nitrogens is 2. The van der Waals surface area contributed by atoms with Gasteiger partial charge in [-0.3, -0.25) is 14.6 Å². The van der Waals surface area contributed by atoms with Gasteiger partial charge < -0.3 is 10.3 Å². The summed E-state index contributed by atoms with van der Waals surface area (Å²) in [6.45, 7) is 3.89. The number of benzene rings is 1. The number of rotatable bonds is 7. The Balaban J connectivity index is 2.02. The van der Waals surface area contributed by atoms with Gasteiger partial charge in [-0.25, -0.2) is 0 Å². The van der Waals surface area contributed by atoms with E-state index in [1.54, 1.807) is 6.92 Å². The van der Waals surface area contributed by atoms with Crippen LogP contribution in [-0.2, 0) is 11.2 Å². The number of amides is 1. The molecule has 0 aliphatic rings. The second-order valence-corrected chi connectivity index (χ2v) is 6.24. The Morgan fingerprint density at radius 1 is 1.25 bits per heavy atom. The van der Waals surface area contributed by atoms with E-state index in [4.69, 9.17) is 12.2 Å². The minimum atomic E-state index is -0.225. The fourth-order valence-corrected chi connectivity index (χ4v) is 2.97. The second-order valence-electron chi connectivity index (χ2n) is 5.83. The van der Waals surface area contributed by atoms with Gasteiger partial charge in [0.05, 0.1) is 6.04 Å². The van der Waals surface area contributed by atoms with Crippen molar-refractivity contribution in [2.24, 2.45) is 0 Å². The molecule has 6 heteroatoms. The molecule has 0 bridgehead atoms. The fraction of sp³-hybridized carbons (Fsp3) is 0.389. The summed E-state index contributed by atoms with van der Waals surface area (Å²) >= 11 is 4.93. The molecule has 1 amide bonds. The van der Waals surface area contributed by atoms with Crippen LogP contribution in [0.2, 0.25) is 0 Å². The summed E-state index contributed by atoms with van der Waals surface area (Å²) in [6, 6.07) is 9.95. The molecule has 0 fully saturated rings. The van der Waals surface area contributed by atoms with Crippen LogP contribution in [-0.4, -0.2) is 15.9 Å². The molecule has 0 unspecified atom stereocenters. The van der Waals surface area contributed by atoms with Crippen molar-refractivity contribution in [3.63, 3.8) is 0 Å². The highest BCUT2D eigenvalue weighted by Gasteiger charge is 2.14. The molecule has 0 saturated carbocycles. The first-order valence-electron chi connectivity index (χ1n) is 8.17. The summed E-state index contributed by atoms with van der Waals surface area (Å²) in [5, 5.41) is 3.07. The van der Waals surface area contributed by atoms with E-state index in [0.29, 0.717) is 22.4 Å². The van der Waals surface area contributed by atoms with E-state index < -0.39 is 0 Å². The van der Waals surface area contributed by atoms with Crippen LogP contribution in [0, 0.1) is 11.7 Å². The van der Waals surface area contributed by atoms with Crippen LogP contribution in [0.25, 0.3) is 0 Å². The minimum Gasteiger partial charge on any atom is -0.349 e. The maximum absolute atomic E-state index is 12.3. The van der Waals surface area contributed by atoms with Crippen LogP contribution in [0.1, 0.15) is 49.0 Å². The lowest BCUT2D eigenvalue weighted by Gasteiger charge is -2.18. The van der Waals surface area contributed by atoms with E-state index in [0.717, 1.165) is 18.4 Å².